The number of ether oxygens (including phenoxy) is 1. The number of benzene rings is 1. The number of aromatic carboxylic acids is 1. The molecule has 0 amide bonds. The van der Waals surface area contributed by atoms with Crippen LogP contribution in [0.5, 0.6) is 5.75 Å². The molecular weight excluding hydrogens is 184 g/mol. The van der Waals surface area contributed by atoms with Crippen molar-refractivity contribution in [1.82, 2.24) is 0 Å². The van der Waals surface area contributed by atoms with Gasteiger partial charge in [0.2, 0.25) is 0 Å². The van der Waals surface area contributed by atoms with E-state index in [1.165, 1.54) is 6.07 Å². The SMILES string of the molecule is Nc1ccc2c(c1C(=O)O)OC[C@@H]2N. The van der Waals surface area contributed by atoms with Crippen LogP contribution < -0.4 is 16.2 Å². The Morgan fingerprint density at radius 3 is 2.93 bits per heavy atom. The van der Waals surface area contributed by atoms with Crippen molar-refractivity contribution in [3.63, 3.8) is 0 Å². The van der Waals surface area contributed by atoms with Gasteiger partial charge in [0.05, 0.1) is 6.04 Å². The Labute approximate surface area is 80.3 Å². The van der Waals surface area contributed by atoms with Crippen LogP contribution in [-0.2, 0) is 0 Å². The molecule has 0 saturated heterocycles. The van der Waals surface area contributed by atoms with Crippen LogP contribution in [0.3, 0.4) is 0 Å². The number of fused-ring (bicyclic) bond motifs is 1. The zero-order valence-corrected chi connectivity index (χ0v) is 7.36. The van der Waals surface area contributed by atoms with E-state index in [-0.39, 0.29) is 17.3 Å². The van der Waals surface area contributed by atoms with E-state index >= 15 is 0 Å². The van der Waals surface area contributed by atoms with Crippen molar-refractivity contribution in [2.24, 2.45) is 5.73 Å². The molecule has 1 heterocycles. The molecule has 1 aliphatic heterocycles. The molecule has 0 spiro atoms. The lowest BCUT2D eigenvalue weighted by atomic mass is 10.0. The van der Waals surface area contributed by atoms with E-state index in [1.54, 1.807) is 6.07 Å². The van der Waals surface area contributed by atoms with Crippen LogP contribution >= 0.6 is 0 Å². The highest BCUT2D eigenvalue weighted by atomic mass is 16.5. The third kappa shape index (κ3) is 1.10. The number of nitrogen functional groups attached to an aromatic ring is 1. The monoisotopic (exact) mass is 194 g/mol. The summed E-state index contributed by atoms with van der Waals surface area (Å²) < 4.78 is 5.20. The molecular formula is C9H10N2O3. The molecule has 0 fully saturated rings. The number of hydrogen-bond donors (Lipinski definition) is 3. The molecule has 0 aliphatic carbocycles. The minimum atomic E-state index is -1.09. The number of carbonyl (C=O) groups is 1. The minimum absolute atomic E-state index is 0.00968. The molecule has 1 atom stereocenters. The highest BCUT2D eigenvalue weighted by Crippen LogP contribution is 2.37. The highest BCUT2D eigenvalue weighted by molar-refractivity contribution is 5.97. The van der Waals surface area contributed by atoms with E-state index in [1.807, 2.05) is 0 Å². The fraction of sp³-hybridized carbons (Fsp3) is 0.222. The molecule has 1 aromatic carbocycles. The normalized spacial score (nSPS) is 18.8. The molecule has 2 rings (SSSR count). The van der Waals surface area contributed by atoms with Gasteiger partial charge in [-0.2, -0.15) is 0 Å². The van der Waals surface area contributed by atoms with E-state index < -0.39 is 5.97 Å². The minimum Gasteiger partial charge on any atom is -0.490 e. The van der Waals surface area contributed by atoms with Crippen LogP contribution in [0.25, 0.3) is 0 Å². The van der Waals surface area contributed by atoms with Gasteiger partial charge in [-0.1, -0.05) is 6.07 Å². The van der Waals surface area contributed by atoms with E-state index in [4.69, 9.17) is 21.3 Å². The molecule has 0 aromatic heterocycles. The zero-order valence-electron chi connectivity index (χ0n) is 7.36. The summed E-state index contributed by atoms with van der Waals surface area (Å²) in [6.07, 6.45) is 0. The molecule has 0 unspecified atom stereocenters. The van der Waals surface area contributed by atoms with Gasteiger partial charge in [0.25, 0.3) is 0 Å². The first-order valence-electron chi connectivity index (χ1n) is 4.15. The maximum atomic E-state index is 10.9. The van der Waals surface area contributed by atoms with Gasteiger partial charge in [-0.25, -0.2) is 4.79 Å². The van der Waals surface area contributed by atoms with Gasteiger partial charge < -0.3 is 21.3 Å². The molecule has 1 aliphatic rings. The van der Waals surface area contributed by atoms with Crippen LogP contribution in [0.4, 0.5) is 5.69 Å². The molecule has 74 valence electrons. The lowest BCUT2D eigenvalue weighted by Crippen LogP contribution is -2.10. The highest BCUT2D eigenvalue weighted by Gasteiger charge is 2.27. The molecule has 0 bridgehead atoms. The smallest absolute Gasteiger partial charge is 0.341 e. The van der Waals surface area contributed by atoms with E-state index in [9.17, 15) is 4.79 Å². The average Bonchev–Trinajstić information content (AvgIpc) is 2.47. The first-order chi connectivity index (χ1) is 6.61. The topological polar surface area (TPSA) is 98.6 Å². The second kappa shape index (κ2) is 2.88. The van der Waals surface area contributed by atoms with Gasteiger partial charge >= 0.3 is 5.97 Å². The van der Waals surface area contributed by atoms with Crippen molar-refractivity contribution in [3.05, 3.63) is 23.3 Å². The lowest BCUT2D eigenvalue weighted by molar-refractivity contribution is 0.0694. The Morgan fingerprint density at radius 1 is 1.57 bits per heavy atom. The summed E-state index contributed by atoms with van der Waals surface area (Å²) >= 11 is 0. The van der Waals surface area contributed by atoms with E-state index in [0.717, 1.165) is 0 Å². The fourth-order valence-electron chi connectivity index (χ4n) is 1.54. The van der Waals surface area contributed by atoms with Crippen molar-refractivity contribution < 1.29 is 14.6 Å². The van der Waals surface area contributed by atoms with Gasteiger partial charge in [-0.3, -0.25) is 0 Å². The first kappa shape index (κ1) is 8.83. The van der Waals surface area contributed by atoms with Crippen molar-refractivity contribution in [3.8, 4) is 5.75 Å². The number of anilines is 1. The van der Waals surface area contributed by atoms with Crippen LogP contribution in [0.15, 0.2) is 12.1 Å². The largest absolute Gasteiger partial charge is 0.490 e. The third-order valence-corrected chi connectivity index (χ3v) is 2.24. The van der Waals surface area contributed by atoms with Gasteiger partial charge in [-0.15, -0.1) is 0 Å². The summed E-state index contributed by atoms with van der Waals surface area (Å²) in [5, 5.41) is 8.92. The summed E-state index contributed by atoms with van der Waals surface area (Å²) in [5.74, 6) is -0.779. The summed E-state index contributed by atoms with van der Waals surface area (Å²) in [6.45, 7) is 0.305. The Hall–Kier alpha value is -1.75. The number of hydrogen-bond acceptors (Lipinski definition) is 4. The van der Waals surface area contributed by atoms with Crippen LogP contribution in [0.1, 0.15) is 22.0 Å². The Balaban J connectivity index is 2.65. The maximum absolute atomic E-state index is 10.9. The number of carboxylic acid groups (broad SMARTS) is 1. The van der Waals surface area contributed by atoms with Gasteiger partial charge in [0, 0.05) is 11.3 Å². The predicted molar refractivity (Wildman–Crippen MR) is 50.2 cm³/mol. The fourth-order valence-corrected chi connectivity index (χ4v) is 1.54. The Morgan fingerprint density at radius 2 is 2.29 bits per heavy atom. The Bertz CT molecular complexity index is 403. The molecule has 14 heavy (non-hydrogen) atoms. The summed E-state index contributed by atoms with van der Waals surface area (Å²) in [4.78, 5) is 10.9. The standard InChI is InChI=1S/C9H10N2O3/c10-5-2-1-4-6(11)3-14-8(4)7(5)9(12)13/h1-2,6H,3,10-11H2,(H,12,13)/t6-/m0/s1. The predicted octanol–water partition coefficient (Wildman–Crippen LogP) is 0.359. The number of carboxylic acids is 1. The summed E-state index contributed by atoms with van der Waals surface area (Å²) in [7, 11) is 0. The van der Waals surface area contributed by atoms with Crippen LogP contribution in [0, 0.1) is 0 Å². The summed E-state index contributed by atoms with van der Waals surface area (Å²) in [5.41, 5.74) is 12.2. The zero-order chi connectivity index (χ0) is 10.3. The van der Waals surface area contributed by atoms with Crippen molar-refractivity contribution in [2.75, 3.05) is 12.3 Å². The average molecular weight is 194 g/mol. The molecule has 0 saturated carbocycles. The molecule has 5 N–H and O–H groups in total. The number of nitrogens with two attached hydrogens (primary N) is 2. The van der Waals surface area contributed by atoms with Crippen molar-refractivity contribution >= 4 is 11.7 Å². The van der Waals surface area contributed by atoms with Crippen LogP contribution in [0.2, 0.25) is 0 Å². The molecule has 5 nitrogen and oxygen atoms in total. The van der Waals surface area contributed by atoms with Gasteiger partial charge in [0.1, 0.15) is 17.9 Å². The summed E-state index contributed by atoms with van der Waals surface area (Å²) in [6, 6.07) is 2.98. The van der Waals surface area contributed by atoms with Crippen molar-refractivity contribution in [1.29, 1.82) is 0 Å². The number of rotatable bonds is 1. The van der Waals surface area contributed by atoms with Crippen molar-refractivity contribution in [2.45, 2.75) is 6.04 Å². The van der Waals surface area contributed by atoms with Crippen LogP contribution in [-0.4, -0.2) is 17.7 Å². The lowest BCUT2D eigenvalue weighted by Gasteiger charge is -2.06. The molecule has 5 heteroatoms. The van der Waals surface area contributed by atoms with E-state index in [0.29, 0.717) is 17.9 Å². The van der Waals surface area contributed by atoms with E-state index in [2.05, 4.69) is 0 Å². The van der Waals surface area contributed by atoms with Gasteiger partial charge in [-0.05, 0) is 6.07 Å². The maximum Gasteiger partial charge on any atom is 0.341 e. The quantitative estimate of drug-likeness (QED) is 0.560. The Kier molecular flexibility index (Phi) is 1.82. The molecule has 0 radical (unpaired) electrons. The second-order valence-corrected chi connectivity index (χ2v) is 3.17. The van der Waals surface area contributed by atoms with Gasteiger partial charge in [0.15, 0.2) is 0 Å². The third-order valence-electron chi connectivity index (χ3n) is 2.24. The molecule has 1 aromatic rings. The second-order valence-electron chi connectivity index (χ2n) is 3.17. The first-order valence-corrected chi connectivity index (χ1v) is 4.15.